The van der Waals surface area contributed by atoms with Gasteiger partial charge in [-0.3, -0.25) is 4.98 Å². The molecule has 2 heterocycles. The molecule has 1 unspecified atom stereocenters. The van der Waals surface area contributed by atoms with Gasteiger partial charge in [0.2, 0.25) is 0 Å². The van der Waals surface area contributed by atoms with Crippen LogP contribution in [0.4, 0.5) is 21.9 Å². The van der Waals surface area contributed by atoms with Crippen molar-refractivity contribution >= 4 is 64.0 Å². The van der Waals surface area contributed by atoms with E-state index in [0.29, 0.717) is 27.8 Å². The van der Waals surface area contributed by atoms with E-state index < -0.39 is 11.0 Å². The van der Waals surface area contributed by atoms with Gasteiger partial charge in [-0.1, -0.05) is 17.7 Å². The number of halogens is 1. The Morgan fingerprint density at radius 1 is 1.16 bits per heavy atom. The first-order chi connectivity index (χ1) is 15.1. The molecule has 4 N–H and O–H groups in total. The number of pyridine rings is 1. The highest BCUT2D eigenvalue weighted by Crippen LogP contribution is 2.36. The molecule has 2 aromatic carbocycles. The number of aromatic nitrogens is 1. The lowest BCUT2D eigenvalue weighted by atomic mass is 10.3. The van der Waals surface area contributed by atoms with Crippen LogP contribution in [-0.4, -0.2) is 21.6 Å². The normalized spacial score (nSPS) is 12.9. The summed E-state index contributed by atoms with van der Waals surface area (Å²) in [7, 11) is -1.57. The number of carbonyl (C=O) groups excluding carboxylic acids is 1. The van der Waals surface area contributed by atoms with E-state index in [1.807, 2.05) is 12.1 Å². The predicted octanol–water partition coefficient (Wildman–Crippen LogP) is 4.46. The van der Waals surface area contributed by atoms with Crippen LogP contribution in [0.15, 0.2) is 75.7 Å². The number of carbonyl (C=O) groups is 1. The second kappa shape index (κ2) is 9.82. The molecule has 1 atom stereocenters. The molecular formula is C20H17ClN6O2S2. The molecule has 1 aliphatic heterocycles. The van der Waals surface area contributed by atoms with Gasteiger partial charge in [0.25, 0.3) is 0 Å². The predicted molar refractivity (Wildman–Crippen MR) is 125 cm³/mol. The van der Waals surface area contributed by atoms with E-state index in [4.69, 9.17) is 11.6 Å². The largest absolute Gasteiger partial charge is 0.334 e. The number of hydrogen-bond acceptors (Lipinski definition) is 6. The monoisotopic (exact) mass is 472 g/mol. The van der Waals surface area contributed by atoms with Crippen LogP contribution in [0, 0.1) is 0 Å². The Kier molecular flexibility index (Phi) is 6.70. The maximum absolute atomic E-state index is 12.8. The van der Waals surface area contributed by atoms with E-state index in [9.17, 15) is 9.00 Å². The quantitative estimate of drug-likeness (QED) is 0.396. The summed E-state index contributed by atoms with van der Waals surface area (Å²) in [5.41, 5.74) is 2.86. The van der Waals surface area contributed by atoms with Crippen molar-refractivity contribution in [2.75, 3.05) is 10.0 Å². The number of amides is 2. The molecular weight excluding hydrogens is 456 g/mol. The Morgan fingerprint density at radius 2 is 1.97 bits per heavy atom. The van der Waals surface area contributed by atoms with E-state index in [1.165, 1.54) is 11.9 Å². The van der Waals surface area contributed by atoms with Gasteiger partial charge in [-0.2, -0.15) is 0 Å². The molecule has 11 heteroatoms. The van der Waals surface area contributed by atoms with Gasteiger partial charge in [0.1, 0.15) is 0 Å². The van der Waals surface area contributed by atoms with Gasteiger partial charge in [-0.25, -0.2) is 14.0 Å². The molecule has 0 spiro atoms. The number of hydrogen-bond donors (Lipinski definition) is 4. The summed E-state index contributed by atoms with van der Waals surface area (Å²) in [5.74, 6) is 0. The van der Waals surface area contributed by atoms with Crippen molar-refractivity contribution in [2.24, 2.45) is 4.99 Å². The Bertz CT molecular complexity index is 1140. The van der Waals surface area contributed by atoms with Crippen molar-refractivity contribution in [2.45, 2.75) is 16.3 Å². The van der Waals surface area contributed by atoms with Gasteiger partial charge in [0.05, 0.1) is 26.8 Å². The standard InChI is InChI=1S/C20H17ClN6O2S2/c21-16-8-17-18(30-25-12-24-17)9-19(16)31(29)27-15-5-3-14(4-6-15)26-20(28)23-11-13-2-1-7-22-10-13/h1-10,12,27H,11H2,(H,24,25)(H2,23,26,28). The number of rotatable bonds is 6. The summed E-state index contributed by atoms with van der Waals surface area (Å²) in [6.45, 7) is 0.374. The zero-order valence-corrected chi connectivity index (χ0v) is 18.4. The number of aliphatic imine (C=N–C) groups is 1. The minimum Gasteiger partial charge on any atom is -0.334 e. The summed E-state index contributed by atoms with van der Waals surface area (Å²) in [5, 5.41) is 5.88. The van der Waals surface area contributed by atoms with Crippen molar-refractivity contribution in [1.82, 2.24) is 15.0 Å². The van der Waals surface area contributed by atoms with Crippen LogP contribution in [-0.2, 0) is 17.5 Å². The van der Waals surface area contributed by atoms with Crippen molar-refractivity contribution in [3.05, 3.63) is 71.5 Å². The van der Waals surface area contributed by atoms with Gasteiger partial charge in [-0.15, -0.1) is 0 Å². The van der Waals surface area contributed by atoms with Crippen LogP contribution in [0.25, 0.3) is 0 Å². The molecule has 0 radical (unpaired) electrons. The summed E-state index contributed by atoms with van der Waals surface area (Å²) >= 11 is 7.66. The summed E-state index contributed by atoms with van der Waals surface area (Å²) < 4.78 is 18.6. The highest BCUT2D eigenvalue weighted by Gasteiger charge is 2.16. The van der Waals surface area contributed by atoms with Crippen LogP contribution >= 0.6 is 23.5 Å². The molecule has 1 aromatic heterocycles. The molecule has 4 rings (SSSR count). The second-order valence-corrected chi connectivity index (χ2v) is 8.81. The van der Waals surface area contributed by atoms with Crippen LogP contribution in [0.3, 0.4) is 0 Å². The first-order valence-corrected chi connectivity index (χ1v) is 11.4. The third-order valence-electron chi connectivity index (χ3n) is 4.17. The lowest BCUT2D eigenvalue weighted by Crippen LogP contribution is -2.28. The fraction of sp³-hybridized carbons (Fsp3) is 0.0500. The second-order valence-electron chi connectivity index (χ2n) is 6.35. The van der Waals surface area contributed by atoms with Gasteiger partial charge in [-0.05, 0) is 60.0 Å². The van der Waals surface area contributed by atoms with Gasteiger partial charge in [0.15, 0.2) is 11.0 Å². The van der Waals surface area contributed by atoms with Crippen LogP contribution in [0.2, 0.25) is 5.02 Å². The molecule has 2 amide bonds. The average Bonchev–Trinajstić information content (AvgIpc) is 2.79. The zero-order valence-electron chi connectivity index (χ0n) is 16.0. The highest BCUT2D eigenvalue weighted by atomic mass is 35.5. The topological polar surface area (TPSA) is 108 Å². The van der Waals surface area contributed by atoms with E-state index in [1.54, 1.807) is 55.1 Å². The van der Waals surface area contributed by atoms with Crippen LogP contribution < -0.4 is 20.1 Å². The number of nitrogens with one attached hydrogen (secondary N) is 4. The molecule has 3 aromatic rings. The number of nitrogens with zero attached hydrogens (tertiary/aromatic N) is 2. The molecule has 0 fully saturated rings. The summed E-state index contributed by atoms with van der Waals surface area (Å²) in [4.78, 5) is 21.6. The van der Waals surface area contributed by atoms with Crippen LogP contribution in [0.5, 0.6) is 0 Å². The third-order valence-corrected chi connectivity index (χ3v) is 6.52. The van der Waals surface area contributed by atoms with Crippen molar-refractivity contribution in [3.8, 4) is 0 Å². The number of benzene rings is 2. The van der Waals surface area contributed by atoms with Gasteiger partial charge in [0, 0.05) is 30.3 Å². The summed E-state index contributed by atoms with van der Waals surface area (Å²) in [6.07, 6.45) is 4.95. The average molecular weight is 473 g/mol. The van der Waals surface area contributed by atoms with E-state index in [0.717, 1.165) is 16.1 Å². The molecule has 0 aliphatic carbocycles. The molecule has 0 saturated carbocycles. The molecule has 31 heavy (non-hydrogen) atoms. The van der Waals surface area contributed by atoms with Crippen molar-refractivity contribution in [3.63, 3.8) is 0 Å². The lowest BCUT2D eigenvalue weighted by molar-refractivity contribution is 0.251. The number of fused-ring (bicyclic) bond motifs is 1. The maximum Gasteiger partial charge on any atom is 0.319 e. The smallest absolute Gasteiger partial charge is 0.319 e. The van der Waals surface area contributed by atoms with E-state index >= 15 is 0 Å². The fourth-order valence-electron chi connectivity index (χ4n) is 2.68. The summed E-state index contributed by atoms with van der Waals surface area (Å²) in [6, 6.07) is 13.7. The Hall–Kier alpha value is -3.08. The molecule has 158 valence electrons. The van der Waals surface area contributed by atoms with Gasteiger partial charge < -0.3 is 20.1 Å². The Balaban J connectivity index is 1.35. The Labute approximate surface area is 190 Å². The van der Waals surface area contributed by atoms with Gasteiger partial charge >= 0.3 is 6.03 Å². The minimum absolute atomic E-state index is 0.331. The fourth-order valence-corrected chi connectivity index (χ4v) is 4.67. The first kappa shape index (κ1) is 21.2. The molecule has 8 nitrogen and oxygen atoms in total. The first-order valence-electron chi connectivity index (χ1n) is 9.09. The lowest BCUT2D eigenvalue weighted by Gasteiger charge is -2.14. The molecule has 0 saturated heterocycles. The van der Waals surface area contributed by atoms with Crippen LogP contribution in [0.1, 0.15) is 5.56 Å². The Morgan fingerprint density at radius 3 is 2.74 bits per heavy atom. The third kappa shape index (κ3) is 5.54. The molecule has 1 aliphatic rings. The maximum atomic E-state index is 12.8. The van der Waals surface area contributed by atoms with E-state index in [-0.39, 0.29) is 6.03 Å². The zero-order chi connectivity index (χ0) is 21.6. The minimum atomic E-state index is -1.57. The van der Waals surface area contributed by atoms with Crippen molar-refractivity contribution in [1.29, 1.82) is 0 Å². The van der Waals surface area contributed by atoms with E-state index in [2.05, 4.69) is 30.1 Å². The SMILES string of the molecule is O=C(NCc1cccnc1)Nc1ccc(NS(=O)c2cc3c(cc2Cl)N=CNS3)cc1. The van der Waals surface area contributed by atoms with Crippen molar-refractivity contribution < 1.29 is 9.00 Å². The number of anilines is 2. The highest BCUT2D eigenvalue weighted by molar-refractivity contribution is 7.98. The molecule has 0 bridgehead atoms. The number of urea groups is 1.